The van der Waals surface area contributed by atoms with Crippen LogP contribution in [0.25, 0.3) is 6.08 Å². The highest BCUT2D eigenvalue weighted by molar-refractivity contribution is 5.85. The van der Waals surface area contributed by atoms with Gasteiger partial charge in [-0.2, -0.15) is 0 Å². The molecule has 0 saturated heterocycles. The SMILES string of the molecule is Cl.Cl.NC/C=C/c1cnc[nH]1. The van der Waals surface area contributed by atoms with Crippen LogP contribution in [0, 0.1) is 0 Å². The lowest BCUT2D eigenvalue weighted by Gasteiger charge is -1.79. The van der Waals surface area contributed by atoms with Crippen LogP contribution in [-0.2, 0) is 0 Å². The average Bonchev–Trinajstić information content (AvgIpc) is 2.34. The van der Waals surface area contributed by atoms with Gasteiger partial charge >= 0.3 is 0 Å². The third-order valence-corrected chi connectivity index (χ3v) is 0.953. The third-order valence-electron chi connectivity index (χ3n) is 0.953. The summed E-state index contributed by atoms with van der Waals surface area (Å²) < 4.78 is 0. The number of hydrogen-bond donors (Lipinski definition) is 2. The number of halogens is 2. The Hall–Kier alpha value is -0.510. The number of aromatic nitrogens is 2. The van der Waals surface area contributed by atoms with Crippen molar-refractivity contribution in [2.75, 3.05) is 6.54 Å². The van der Waals surface area contributed by atoms with E-state index in [4.69, 9.17) is 5.73 Å². The molecule has 0 saturated carbocycles. The highest BCUT2D eigenvalue weighted by Gasteiger charge is 1.81. The minimum Gasteiger partial charge on any atom is -0.345 e. The van der Waals surface area contributed by atoms with E-state index < -0.39 is 0 Å². The molecule has 3 N–H and O–H groups in total. The van der Waals surface area contributed by atoms with Gasteiger partial charge in [-0.3, -0.25) is 0 Å². The summed E-state index contributed by atoms with van der Waals surface area (Å²) in [5.74, 6) is 0. The van der Waals surface area contributed by atoms with Crippen molar-refractivity contribution in [1.82, 2.24) is 9.97 Å². The summed E-state index contributed by atoms with van der Waals surface area (Å²) in [6.07, 6.45) is 7.14. The Balaban J connectivity index is 0. The molecule has 0 aliphatic carbocycles. The lowest BCUT2D eigenvalue weighted by molar-refractivity contribution is 1.26. The van der Waals surface area contributed by atoms with E-state index >= 15 is 0 Å². The Morgan fingerprint density at radius 2 is 2.27 bits per heavy atom. The number of hydrogen-bond acceptors (Lipinski definition) is 2. The van der Waals surface area contributed by atoms with Crippen LogP contribution >= 0.6 is 24.8 Å². The van der Waals surface area contributed by atoms with Crippen LogP contribution in [0.3, 0.4) is 0 Å². The van der Waals surface area contributed by atoms with Crippen molar-refractivity contribution >= 4 is 30.9 Å². The predicted molar refractivity (Wildman–Crippen MR) is 51.2 cm³/mol. The van der Waals surface area contributed by atoms with Gasteiger partial charge in [0.15, 0.2) is 0 Å². The fourth-order valence-electron chi connectivity index (χ4n) is 0.553. The summed E-state index contributed by atoms with van der Waals surface area (Å²) in [5.41, 5.74) is 6.21. The number of nitrogens with zero attached hydrogens (tertiary/aromatic N) is 1. The fraction of sp³-hybridized carbons (Fsp3) is 0.167. The van der Waals surface area contributed by atoms with Crippen molar-refractivity contribution in [3.05, 3.63) is 24.3 Å². The molecule has 0 bridgehead atoms. The second-order valence-corrected chi connectivity index (χ2v) is 1.65. The Bertz CT molecular complexity index is 184. The van der Waals surface area contributed by atoms with Crippen LogP contribution < -0.4 is 5.73 Å². The first-order valence-electron chi connectivity index (χ1n) is 2.78. The van der Waals surface area contributed by atoms with Crippen LogP contribution in [0.1, 0.15) is 5.69 Å². The number of aromatic amines is 1. The number of nitrogens with one attached hydrogen (secondary N) is 1. The van der Waals surface area contributed by atoms with Crippen LogP contribution in [-0.4, -0.2) is 16.5 Å². The minimum absolute atomic E-state index is 0. The summed E-state index contributed by atoms with van der Waals surface area (Å²) in [6, 6.07) is 0. The summed E-state index contributed by atoms with van der Waals surface area (Å²) >= 11 is 0. The maximum atomic E-state index is 5.22. The van der Waals surface area contributed by atoms with Gasteiger partial charge in [0.2, 0.25) is 0 Å². The van der Waals surface area contributed by atoms with Gasteiger partial charge in [0, 0.05) is 6.54 Å². The molecule has 5 heteroatoms. The van der Waals surface area contributed by atoms with Crippen molar-refractivity contribution in [2.45, 2.75) is 0 Å². The quantitative estimate of drug-likeness (QED) is 0.747. The van der Waals surface area contributed by atoms with Gasteiger partial charge in [-0.25, -0.2) is 4.98 Å². The third kappa shape index (κ3) is 4.84. The van der Waals surface area contributed by atoms with E-state index in [0.717, 1.165) is 5.69 Å². The van der Waals surface area contributed by atoms with E-state index in [1.807, 2.05) is 12.2 Å². The van der Waals surface area contributed by atoms with Gasteiger partial charge in [0.25, 0.3) is 0 Å². The second kappa shape index (κ2) is 7.60. The molecule has 1 aromatic rings. The normalized spacial score (nSPS) is 8.82. The summed E-state index contributed by atoms with van der Waals surface area (Å²) in [7, 11) is 0. The Kier molecular flexibility index (Phi) is 9.05. The summed E-state index contributed by atoms with van der Waals surface area (Å²) in [5, 5.41) is 0. The molecule has 0 aromatic carbocycles. The average molecular weight is 196 g/mol. The van der Waals surface area contributed by atoms with Gasteiger partial charge in [-0.1, -0.05) is 6.08 Å². The van der Waals surface area contributed by atoms with E-state index in [1.54, 1.807) is 12.5 Å². The molecule has 11 heavy (non-hydrogen) atoms. The molecule has 1 heterocycles. The molecule has 3 nitrogen and oxygen atoms in total. The first-order chi connectivity index (χ1) is 4.43. The molecule has 64 valence electrons. The van der Waals surface area contributed by atoms with Crippen molar-refractivity contribution in [2.24, 2.45) is 5.73 Å². The van der Waals surface area contributed by atoms with Crippen molar-refractivity contribution < 1.29 is 0 Å². The number of rotatable bonds is 2. The van der Waals surface area contributed by atoms with Crippen LogP contribution in [0.2, 0.25) is 0 Å². The van der Waals surface area contributed by atoms with Crippen molar-refractivity contribution in [1.29, 1.82) is 0 Å². The van der Waals surface area contributed by atoms with E-state index in [-0.39, 0.29) is 24.8 Å². The van der Waals surface area contributed by atoms with Crippen LogP contribution in [0.15, 0.2) is 18.6 Å². The standard InChI is InChI=1S/C6H9N3.2ClH/c7-3-1-2-6-4-8-5-9-6;;/h1-2,4-5H,3,7H2,(H,8,9);2*1H/b2-1+;;. The highest BCUT2D eigenvalue weighted by Crippen LogP contribution is 1.91. The molecular weight excluding hydrogens is 185 g/mol. The molecule has 0 unspecified atom stereocenters. The first kappa shape index (κ1) is 13.1. The van der Waals surface area contributed by atoms with Crippen molar-refractivity contribution in [3.8, 4) is 0 Å². The van der Waals surface area contributed by atoms with Gasteiger partial charge in [-0.05, 0) is 6.08 Å². The largest absolute Gasteiger partial charge is 0.345 e. The molecule has 0 radical (unpaired) electrons. The Labute approximate surface area is 77.9 Å². The van der Waals surface area contributed by atoms with Gasteiger partial charge in [-0.15, -0.1) is 24.8 Å². The maximum absolute atomic E-state index is 5.22. The van der Waals surface area contributed by atoms with E-state index in [2.05, 4.69) is 9.97 Å². The van der Waals surface area contributed by atoms with Crippen LogP contribution in [0.5, 0.6) is 0 Å². The molecule has 0 aliphatic rings. The molecule has 0 spiro atoms. The smallest absolute Gasteiger partial charge is 0.0924 e. The number of H-pyrrole nitrogens is 1. The number of imidazole rings is 1. The van der Waals surface area contributed by atoms with E-state index in [9.17, 15) is 0 Å². The predicted octanol–water partition coefficient (Wildman–Crippen LogP) is 1.23. The van der Waals surface area contributed by atoms with E-state index in [1.165, 1.54) is 0 Å². The van der Waals surface area contributed by atoms with Crippen LogP contribution in [0.4, 0.5) is 0 Å². The van der Waals surface area contributed by atoms with Gasteiger partial charge in [0.1, 0.15) is 0 Å². The Morgan fingerprint density at radius 3 is 2.73 bits per heavy atom. The summed E-state index contributed by atoms with van der Waals surface area (Å²) in [4.78, 5) is 6.75. The molecule has 0 amide bonds. The monoisotopic (exact) mass is 195 g/mol. The highest BCUT2D eigenvalue weighted by atomic mass is 35.5. The molecular formula is C6H11Cl2N3. The van der Waals surface area contributed by atoms with E-state index in [0.29, 0.717) is 6.54 Å². The minimum atomic E-state index is 0. The van der Waals surface area contributed by atoms with Crippen molar-refractivity contribution in [3.63, 3.8) is 0 Å². The maximum Gasteiger partial charge on any atom is 0.0924 e. The molecule has 1 rings (SSSR count). The zero-order valence-electron chi connectivity index (χ0n) is 5.86. The molecule has 1 aromatic heterocycles. The lowest BCUT2D eigenvalue weighted by Crippen LogP contribution is -1.91. The number of nitrogens with two attached hydrogens (primary N) is 1. The summed E-state index contributed by atoms with van der Waals surface area (Å²) in [6.45, 7) is 0.568. The molecule has 0 fully saturated rings. The van der Waals surface area contributed by atoms with Gasteiger partial charge in [0.05, 0.1) is 18.2 Å². The first-order valence-corrected chi connectivity index (χ1v) is 2.78. The van der Waals surface area contributed by atoms with Gasteiger partial charge < -0.3 is 10.7 Å². The topological polar surface area (TPSA) is 54.7 Å². The lowest BCUT2D eigenvalue weighted by atomic mass is 10.4. The fourth-order valence-corrected chi connectivity index (χ4v) is 0.553. The molecule has 0 aliphatic heterocycles. The molecule has 0 atom stereocenters. The zero-order valence-corrected chi connectivity index (χ0v) is 7.49. The second-order valence-electron chi connectivity index (χ2n) is 1.65. The Morgan fingerprint density at radius 1 is 1.55 bits per heavy atom. The zero-order chi connectivity index (χ0) is 6.53.